The first-order chi connectivity index (χ1) is 10.1. The predicted molar refractivity (Wildman–Crippen MR) is 81.3 cm³/mol. The molecule has 3 aromatic rings. The Hall–Kier alpha value is -2.40. The highest BCUT2D eigenvalue weighted by Gasteiger charge is 2.12. The molecule has 0 unspecified atom stereocenters. The SMILES string of the molecule is Cn1c(-c2ccc(Cl)cc2)nn(Cc2ccccn2)c1=O. The smallest absolute Gasteiger partial charge is 0.278 e. The fraction of sp³-hybridized carbons (Fsp3) is 0.133. The van der Waals surface area contributed by atoms with E-state index in [1.54, 1.807) is 25.4 Å². The summed E-state index contributed by atoms with van der Waals surface area (Å²) in [5.41, 5.74) is 1.46. The minimum atomic E-state index is -0.175. The highest BCUT2D eigenvalue weighted by molar-refractivity contribution is 6.30. The Labute approximate surface area is 126 Å². The van der Waals surface area contributed by atoms with Crippen LogP contribution in [-0.4, -0.2) is 19.3 Å². The van der Waals surface area contributed by atoms with E-state index in [1.807, 2.05) is 30.3 Å². The van der Waals surface area contributed by atoms with E-state index in [0.717, 1.165) is 11.3 Å². The van der Waals surface area contributed by atoms with Gasteiger partial charge in [0.05, 0.1) is 12.2 Å². The topological polar surface area (TPSA) is 52.7 Å². The van der Waals surface area contributed by atoms with Gasteiger partial charge in [0, 0.05) is 23.8 Å². The molecule has 5 nitrogen and oxygen atoms in total. The largest absolute Gasteiger partial charge is 0.346 e. The van der Waals surface area contributed by atoms with Crippen LogP contribution in [0.4, 0.5) is 0 Å². The minimum absolute atomic E-state index is 0.175. The van der Waals surface area contributed by atoms with E-state index in [4.69, 9.17) is 11.6 Å². The number of rotatable bonds is 3. The Morgan fingerprint density at radius 2 is 1.90 bits per heavy atom. The van der Waals surface area contributed by atoms with E-state index >= 15 is 0 Å². The van der Waals surface area contributed by atoms with Gasteiger partial charge >= 0.3 is 5.69 Å². The quantitative estimate of drug-likeness (QED) is 0.746. The van der Waals surface area contributed by atoms with Gasteiger partial charge in [-0.05, 0) is 36.4 Å². The summed E-state index contributed by atoms with van der Waals surface area (Å²) in [5.74, 6) is 0.604. The summed E-state index contributed by atoms with van der Waals surface area (Å²) in [6, 6.07) is 12.8. The third-order valence-corrected chi connectivity index (χ3v) is 3.43. The summed E-state index contributed by atoms with van der Waals surface area (Å²) in [6.07, 6.45) is 1.70. The van der Waals surface area contributed by atoms with Gasteiger partial charge < -0.3 is 0 Å². The second-order valence-electron chi connectivity index (χ2n) is 4.65. The Morgan fingerprint density at radius 3 is 2.57 bits per heavy atom. The molecule has 0 aliphatic heterocycles. The average molecular weight is 301 g/mol. The number of benzene rings is 1. The van der Waals surface area contributed by atoms with E-state index in [-0.39, 0.29) is 5.69 Å². The van der Waals surface area contributed by atoms with Crippen molar-refractivity contribution < 1.29 is 0 Å². The van der Waals surface area contributed by atoms with Crippen molar-refractivity contribution in [2.45, 2.75) is 6.54 Å². The third kappa shape index (κ3) is 2.73. The Balaban J connectivity index is 1.99. The van der Waals surface area contributed by atoms with Gasteiger partial charge in [0.25, 0.3) is 0 Å². The van der Waals surface area contributed by atoms with Crippen LogP contribution < -0.4 is 5.69 Å². The second-order valence-corrected chi connectivity index (χ2v) is 5.09. The van der Waals surface area contributed by atoms with Crippen molar-refractivity contribution in [3.8, 4) is 11.4 Å². The number of halogens is 1. The van der Waals surface area contributed by atoms with Gasteiger partial charge in [-0.15, -0.1) is 5.10 Å². The summed E-state index contributed by atoms with van der Waals surface area (Å²) in [5, 5.41) is 5.04. The number of pyridine rings is 1. The molecule has 0 bridgehead atoms. The highest BCUT2D eigenvalue weighted by Crippen LogP contribution is 2.18. The van der Waals surface area contributed by atoms with E-state index in [0.29, 0.717) is 17.4 Å². The zero-order valence-electron chi connectivity index (χ0n) is 11.4. The molecular formula is C15H13ClN4O. The Kier molecular flexibility index (Phi) is 3.58. The van der Waals surface area contributed by atoms with Gasteiger partial charge in [0.2, 0.25) is 0 Å². The third-order valence-electron chi connectivity index (χ3n) is 3.18. The molecule has 0 fully saturated rings. The summed E-state index contributed by atoms with van der Waals surface area (Å²) in [7, 11) is 1.70. The molecule has 6 heteroatoms. The molecule has 0 saturated carbocycles. The molecule has 2 heterocycles. The summed E-state index contributed by atoms with van der Waals surface area (Å²) < 4.78 is 2.93. The predicted octanol–water partition coefficient (Wildman–Crippen LogP) is 2.35. The fourth-order valence-electron chi connectivity index (χ4n) is 2.09. The van der Waals surface area contributed by atoms with Crippen LogP contribution in [0.25, 0.3) is 11.4 Å². The van der Waals surface area contributed by atoms with Crippen molar-refractivity contribution in [3.63, 3.8) is 0 Å². The molecule has 0 aliphatic rings. The monoisotopic (exact) mass is 300 g/mol. The van der Waals surface area contributed by atoms with E-state index < -0.39 is 0 Å². The van der Waals surface area contributed by atoms with Gasteiger partial charge in [-0.25, -0.2) is 9.48 Å². The zero-order chi connectivity index (χ0) is 14.8. The normalized spacial score (nSPS) is 10.8. The molecule has 0 radical (unpaired) electrons. The average Bonchev–Trinajstić information content (AvgIpc) is 2.78. The van der Waals surface area contributed by atoms with E-state index in [9.17, 15) is 4.79 Å². The Morgan fingerprint density at radius 1 is 1.14 bits per heavy atom. The van der Waals surface area contributed by atoms with Crippen LogP contribution >= 0.6 is 11.6 Å². The van der Waals surface area contributed by atoms with Gasteiger partial charge in [0.1, 0.15) is 0 Å². The molecule has 0 N–H and O–H groups in total. The van der Waals surface area contributed by atoms with Crippen molar-refractivity contribution in [1.82, 2.24) is 19.3 Å². The first-order valence-electron chi connectivity index (χ1n) is 6.45. The summed E-state index contributed by atoms with van der Waals surface area (Å²) in [4.78, 5) is 16.5. The fourth-order valence-corrected chi connectivity index (χ4v) is 2.21. The molecule has 2 aromatic heterocycles. The molecule has 0 atom stereocenters. The Bertz CT molecular complexity index is 806. The first-order valence-corrected chi connectivity index (χ1v) is 6.82. The minimum Gasteiger partial charge on any atom is -0.278 e. The lowest BCUT2D eigenvalue weighted by Crippen LogP contribution is -2.23. The van der Waals surface area contributed by atoms with Crippen LogP contribution in [0.5, 0.6) is 0 Å². The maximum Gasteiger partial charge on any atom is 0.346 e. The number of nitrogens with zero attached hydrogens (tertiary/aromatic N) is 4. The van der Waals surface area contributed by atoms with Crippen molar-refractivity contribution in [3.05, 3.63) is 69.9 Å². The van der Waals surface area contributed by atoms with E-state index in [2.05, 4.69) is 10.1 Å². The summed E-state index contributed by atoms with van der Waals surface area (Å²) in [6.45, 7) is 0.348. The van der Waals surface area contributed by atoms with Crippen LogP contribution in [0.1, 0.15) is 5.69 Å². The van der Waals surface area contributed by atoms with Crippen LogP contribution in [0.3, 0.4) is 0 Å². The number of hydrogen-bond acceptors (Lipinski definition) is 3. The first kappa shape index (κ1) is 13.6. The van der Waals surface area contributed by atoms with Gasteiger partial charge in [-0.2, -0.15) is 0 Å². The standard InChI is InChI=1S/C15H13ClN4O/c1-19-14(11-5-7-12(16)8-6-11)18-20(15(19)21)10-13-4-2-3-9-17-13/h2-9H,10H2,1H3. The maximum absolute atomic E-state index is 12.2. The molecule has 21 heavy (non-hydrogen) atoms. The zero-order valence-corrected chi connectivity index (χ0v) is 12.2. The molecule has 3 rings (SSSR count). The molecule has 0 aliphatic carbocycles. The van der Waals surface area contributed by atoms with Gasteiger partial charge in [-0.1, -0.05) is 17.7 Å². The molecule has 0 spiro atoms. The molecular weight excluding hydrogens is 288 g/mol. The van der Waals surface area contributed by atoms with Crippen LogP contribution in [0, 0.1) is 0 Å². The van der Waals surface area contributed by atoms with Crippen LogP contribution in [0.2, 0.25) is 5.02 Å². The maximum atomic E-state index is 12.2. The lowest BCUT2D eigenvalue weighted by atomic mass is 10.2. The second kappa shape index (κ2) is 5.54. The van der Waals surface area contributed by atoms with E-state index in [1.165, 1.54) is 9.25 Å². The van der Waals surface area contributed by atoms with Crippen molar-refractivity contribution in [2.24, 2.45) is 7.05 Å². The molecule has 106 valence electrons. The number of aromatic nitrogens is 4. The highest BCUT2D eigenvalue weighted by atomic mass is 35.5. The molecule has 0 saturated heterocycles. The molecule has 0 amide bonds. The summed E-state index contributed by atoms with van der Waals surface area (Å²) >= 11 is 5.88. The van der Waals surface area contributed by atoms with Crippen LogP contribution in [-0.2, 0) is 13.6 Å². The van der Waals surface area contributed by atoms with Gasteiger partial charge in [-0.3, -0.25) is 9.55 Å². The van der Waals surface area contributed by atoms with Crippen molar-refractivity contribution in [2.75, 3.05) is 0 Å². The molecule has 1 aromatic carbocycles. The van der Waals surface area contributed by atoms with Crippen LogP contribution in [0.15, 0.2) is 53.5 Å². The van der Waals surface area contributed by atoms with Crippen molar-refractivity contribution >= 4 is 11.6 Å². The van der Waals surface area contributed by atoms with Gasteiger partial charge in [0.15, 0.2) is 5.82 Å². The lowest BCUT2D eigenvalue weighted by Gasteiger charge is -1.99. The lowest BCUT2D eigenvalue weighted by molar-refractivity contribution is 0.636. The number of hydrogen-bond donors (Lipinski definition) is 0. The van der Waals surface area contributed by atoms with Crippen molar-refractivity contribution in [1.29, 1.82) is 0 Å².